The quantitative estimate of drug-likeness (QED) is 0.793. The fraction of sp³-hybridized carbons (Fsp3) is 0.692. The second-order valence-corrected chi connectivity index (χ2v) is 4.86. The standard InChI is InChI=1S/C13H21FN4O2/c1-3-5-15-12-16-7-10(14)11(18-12)17-8-13(19-2)4-6-20-9-13/h7H,3-6,8-9H2,1-2H3,(H2,15,16,17,18). The Bertz CT molecular complexity index is 438. The van der Waals surface area contributed by atoms with Crippen LogP contribution in [0, 0.1) is 5.82 Å². The maximum atomic E-state index is 13.7. The van der Waals surface area contributed by atoms with Crippen LogP contribution in [0.15, 0.2) is 6.20 Å². The van der Waals surface area contributed by atoms with Crippen molar-refractivity contribution in [2.75, 3.05) is 44.0 Å². The summed E-state index contributed by atoms with van der Waals surface area (Å²) >= 11 is 0. The summed E-state index contributed by atoms with van der Waals surface area (Å²) in [6, 6.07) is 0. The van der Waals surface area contributed by atoms with Gasteiger partial charge < -0.3 is 20.1 Å². The number of hydrogen-bond acceptors (Lipinski definition) is 6. The van der Waals surface area contributed by atoms with Gasteiger partial charge in [-0.1, -0.05) is 6.92 Å². The summed E-state index contributed by atoms with van der Waals surface area (Å²) in [7, 11) is 1.64. The monoisotopic (exact) mass is 284 g/mol. The van der Waals surface area contributed by atoms with Gasteiger partial charge in [-0.15, -0.1) is 0 Å². The predicted molar refractivity (Wildman–Crippen MR) is 74.4 cm³/mol. The van der Waals surface area contributed by atoms with Gasteiger partial charge in [0.15, 0.2) is 11.6 Å². The van der Waals surface area contributed by atoms with Crippen LogP contribution in [0.2, 0.25) is 0 Å². The van der Waals surface area contributed by atoms with Crippen molar-refractivity contribution in [1.29, 1.82) is 0 Å². The van der Waals surface area contributed by atoms with Crippen molar-refractivity contribution in [1.82, 2.24) is 9.97 Å². The van der Waals surface area contributed by atoms with Crippen molar-refractivity contribution in [3.05, 3.63) is 12.0 Å². The molecule has 1 saturated heterocycles. The first-order valence-corrected chi connectivity index (χ1v) is 6.82. The minimum atomic E-state index is -0.475. The van der Waals surface area contributed by atoms with Crippen LogP contribution in [-0.4, -0.2) is 49.0 Å². The van der Waals surface area contributed by atoms with Crippen LogP contribution >= 0.6 is 0 Å². The van der Waals surface area contributed by atoms with Gasteiger partial charge in [-0.3, -0.25) is 0 Å². The van der Waals surface area contributed by atoms with Gasteiger partial charge in [-0.25, -0.2) is 9.37 Å². The first-order chi connectivity index (χ1) is 9.69. The molecule has 0 aromatic carbocycles. The molecule has 1 fully saturated rings. The molecular weight excluding hydrogens is 263 g/mol. The van der Waals surface area contributed by atoms with E-state index in [1.807, 2.05) is 6.92 Å². The van der Waals surface area contributed by atoms with Gasteiger partial charge in [0, 0.05) is 33.2 Å². The second-order valence-electron chi connectivity index (χ2n) is 4.86. The summed E-state index contributed by atoms with van der Waals surface area (Å²) in [6.07, 6.45) is 2.90. The molecule has 20 heavy (non-hydrogen) atoms. The number of rotatable bonds is 7. The van der Waals surface area contributed by atoms with Crippen LogP contribution < -0.4 is 10.6 Å². The van der Waals surface area contributed by atoms with E-state index in [0.29, 0.717) is 25.7 Å². The number of hydrogen-bond donors (Lipinski definition) is 2. The third-order valence-electron chi connectivity index (χ3n) is 3.36. The van der Waals surface area contributed by atoms with E-state index in [1.54, 1.807) is 7.11 Å². The zero-order chi connectivity index (χ0) is 14.4. The maximum absolute atomic E-state index is 13.7. The van der Waals surface area contributed by atoms with Crippen LogP contribution in [0.5, 0.6) is 0 Å². The largest absolute Gasteiger partial charge is 0.378 e. The average Bonchev–Trinajstić information content (AvgIpc) is 2.94. The van der Waals surface area contributed by atoms with E-state index >= 15 is 0 Å². The van der Waals surface area contributed by atoms with Gasteiger partial charge in [0.2, 0.25) is 5.95 Å². The Kier molecular flexibility index (Phi) is 5.08. The Balaban J connectivity index is 2.00. The van der Waals surface area contributed by atoms with E-state index < -0.39 is 11.4 Å². The zero-order valence-corrected chi connectivity index (χ0v) is 11.9. The van der Waals surface area contributed by atoms with Crippen LogP contribution in [0.3, 0.4) is 0 Å². The Hall–Kier alpha value is -1.47. The summed E-state index contributed by atoms with van der Waals surface area (Å²) in [5.74, 6) is 0.129. The summed E-state index contributed by atoms with van der Waals surface area (Å²) in [6.45, 7) is 4.40. The van der Waals surface area contributed by atoms with Crippen molar-refractivity contribution in [3.8, 4) is 0 Å². The number of nitrogens with zero attached hydrogens (tertiary/aromatic N) is 2. The van der Waals surface area contributed by atoms with E-state index in [0.717, 1.165) is 25.6 Å². The molecule has 0 aliphatic carbocycles. The Labute approximate surface area is 118 Å². The van der Waals surface area contributed by atoms with Crippen LogP contribution in [0.1, 0.15) is 19.8 Å². The van der Waals surface area contributed by atoms with Gasteiger partial charge >= 0.3 is 0 Å². The first kappa shape index (κ1) is 14.9. The van der Waals surface area contributed by atoms with E-state index in [1.165, 1.54) is 0 Å². The normalized spacial score (nSPS) is 21.9. The fourth-order valence-electron chi connectivity index (χ4n) is 2.02. The smallest absolute Gasteiger partial charge is 0.224 e. The molecule has 2 heterocycles. The molecule has 6 nitrogen and oxygen atoms in total. The number of methoxy groups -OCH3 is 1. The second kappa shape index (κ2) is 6.81. The van der Waals surface area contributed by atoms with Crippen molar-refractivity contribution in [2.24, 2.45) is 0 Å². The van der Waals surface area contributed by atoms with Crippen LogP contribution in [0.25, 0.3) is 0 Å². The van der Waals surface area contributed by atoms with Crippen molar-refractivity contribution in [3.63, 3.8) is 0 Å². The molecular formula is C13H21FN4O2. The molecule has 2 N–H and O–H groups in total. The molecule has 2 rings (SSSR count). The SMILES string of the molecule is CCCNc1ncc(F)c(NCC2(OC)CCOC2)n1. The van der Waals surface area contributed by atoms with Crippen molar-refractivity contribution >= 4 is 11.8 Å². The van der Waals surface area contributed by atoms with Crippen molar-refractivity contribution in [2.45, 2.75) is 25.4 Å². The molecule has 0 spiro atoms. The van der Waals surface area contributed by atoms with Gasteiger partial charge in [-0.05, 0) is 6.42 Å². The molecule has 112 valence electrons. The number of nitrogens with one attached hydrogen (secondary N) is 2. The van der Waals surface area contributed by atoms with Gasteiger partial charge in [0.1, 0.15) is 5.60 Å². The highest BCUT2D eigenvalue weighted by Gasteiger charge is 2.35. The molecule has 7 heteroatoms. The molecule has 1 atom stereocenters. The molecule has 1 aromatic rings. The Morgan fingerprint density at radius 1 is 1.50 bits per heavy atom. The number of anilines is 2. The molecule has 1 unspecified atom stereocenters. The minimum Gasteiger partial charge on any atom is -0.378 e. The van der Waals surface area contributed by atoms with Crippen LogP contribution in [0.4, 0.5) is 16.2 Å². The summed E-state index contributed by atoms with van der Waals surface area (Å²) < 4.78 is 24.5. The summed E-state index contributed by atoms with van der Waals surface area (Å²) in [4.78, 5) is 8.03. The van der Waals surface area contributed by atoms with E-state index in [4.69, 9.17) is 9.47 Å². The van der Waals surface area contributed by atoms with Gasteiger partial charge in [0.25, 0.3) is 0 Å². The lowest BCUT2D eigenvalue weighted by atomic mass is 10.0. The predicted octanol–water partition coefficient (Wildman–Crippen LogP) is 1.65. The molecule has 0 amide bonds. The van der Waals surface area contributed by atoms with E-state index in [-0.39, 0.29) is 5.82 Å². The third kappa shape index (κ3) is 3.55. The van der Waals surface area contributed by atoms with Gasteiger partial charge in [0.05, 0.1) is 12.8 Å². The van der Waals surface area contributed by atoms with E-state index in [9.17, 15) is 4.39 Å². The summed E-state index contributed by atoms with van der Waals surface area (Å²) in [5, 5.41) is 6.02. The van der Waals surface area contributed by atoms with E-state index in [2.05, 4.69) is 20.6 Å². The first-order valence-electron chi connectivity index (χ1n) is 6.82. The molecule has 1 aromatic heterocycles. The number of ether oxygens (including phenoxy) is 2. The highest BCUT2D eigenvalue weighted by Crippen LogP contribution is 2.23. The lowest BCUT2D eigenvalue weighted by molar-refractivity contribution is -0.00629. The number of aromatic nitrogens is 2. The highest BCUT2D eigenvalue weighted by atomic mass is 19.1. The molecule has 0 radical (unpaired) electrons. The Morgan fingerprint density at radius 3 is 3.00 bits per heavy atom. The van der Waals surface area contributed by atoms with Crippen LogP contribution in [-0.2, 0) is 9.47 Å². The lowest BCUT2D eigenvalue weighted by Crippen LogP contribution is -2.40. The van der Waals surface area contributed by atoms with Gasteiger partial charge in [-0.2, -0.15) is 4.98 Å². The topological polar surface area (TPSA) is 68.3 Å². The zero-order valence-electron chi connectivity index (χ0n) is 11.9. The summed E-state index contributed by atoms with van der Waals surface area (Å²) in [5.41, 5.74) is -0.408. The maximum Gasteiger partial charge on any atom is 0.224 e. The Morgan fingerprint density at radius 2 is 2.35 bits per heavy atom. The molecule has 0 bridgehead atoms. The molecule has 0 saturated carbocycles. The third-order valence-corrected chi connectivity index (χ3v) is 3.36. The lowest BCUT2D eigenvalue weighted by Gasteiger charge is -2.26. The molecule has 1 aliphatic rings. The molecule has 1 aliphatic heterocycles. The number of halogens is 1. The average molecular weight is 284 g/mol. The van der Waals surface area contributed by atoms with Crippen molar-refractivity contribution < 1.29 is 13.9 Å². The fourth-order valence-corrected chi connectivity index (χ4v) is 2.02. The minimum absolute atomic E-state index is 0.182. The highest BCUT2D eigenvalue weighted by molar-refractivity contribution is 5.41.